The summed E-state index contributed by atoms with van der Waals surface area (Å²) in [6.07, 6.45) is 0. The van der Waals surface area contributed by atoms with E-state index in [4.69, 9.17) is 35.4 Å². The van der Waals surface area contributed by atoms with Crippen LogP contribution in [-0.4, -0.2) is 24.1 Å². The Labute approximate surface area is 192 Å². The number of hydrogen-bond donors (Lipinski definition) is 3. The van der Waals surface area contributed by atoms with Crippen LogP contribution in [0.3, 0.4) is 0 Å². The molecule has 0 aromatic heterocycles. The van der Waals surface area contributed by atoms with Crippen LogP contribution in [0.15, 0.2) is 53.7 Å². The number of anilines is 2. The molecule has 1 aliphatic heterocycles. The van der Waals surface area contributed by atoms with Gasteiger partial charge in [-0.25, -0.2) is 0 Å². The minimum atomic E-state index is -0.379. The molecule has 0 spiro atoms. The van der Waals surface area contributed by atoms with Crippen LogP contribution in [0.2, 0.25) is 10.0 Å². The second-order valence-corrected chi connectivity index (χ2v) is 8.16. The number of nitrogens with zero attached hydrogens (tertiary/aromatic N) is 1. The van der Waals surface area contributed by atoms with Crippen LogP contribution in [-0.2, 0) is 4.79 Å². The molecule has 5 nitrogen and oxygen atoms in total. The lowest BCUT2D eigenvalue weighted by molar-refractivity contribution is -0.113. The molecule has 158 valence electrons. The molecule has 0 aliphatic carbocycles. The maximum atomic E-state index is 13.2. The smallest absolute Gasteiger partial charge is 0.255 e. The van der Waals surface area contributed by atoms with Gasteiger partial charge in [-0.3, -0.25) is 4.79 Å². The summed E-state index contributed by atoms with van der Waals surface area (Å²) in [7, 11) is 0. The van der Waals surface area contributed by atoms with E-state index in [2.05, 4.69) is 46.8 Å². The number of nitrogens with one attached hydrogen (secondary N) is 3. The first-order valence-corrected chi connectivity index (χ1v) is 10.9. The van der Waals surface area contributed by atoms with E-state index in [0.717, 1.165) is 24.3 Å². The SMILES string of the molecule is CCN(CC)c1ccc(C2NC(=S)NC(C)=C2C(=O)Nc2ccc(Cl)cc2Cl)cc1. The van der Waals surface area contributed by atoms with Crippen molar-refractivity contribution in [2.75, 3.05) is 23.3 Å². The van der Waals surface area contributed by atoms with E-state index in [1.807, 2.05) is 19.1 Å². The normalized spacial score (nSPS) is 16.0. The highest BCUT2D eigenvalue weighted by molar-refractivity contribution is 7.80. The molecule has 1 atom stereocenters. The number of thiocarbonyl (C=S) groups is 1. The highest BCUT2D eigenvalue weighted by Crippen LogP contribution is 2.31. The van der Waals surface area contributed by atoms with Crippen molar-refractivity contribution < 1.29 is 4.79 Å². The van der Waals surface area contributed by atoms with Crippen molar-refractivity contribution in [1.29, 1.82) is 0 Å². The van der Waals surface area contributed by atoms with E-state index in [1.165, 1.54) is 0 Å². The van der Waals surface area contributed by atoms with E-state index < -0.39 is 0 Å². The number of hydrogen-bond acceptors (Lipinski definition) is 3. The summed E-state index contributed by atoms with van der Waals surface area (Å²) in [4.78, 5) is 15.4. The van der Waals surface area contributed by atoms with Gasteiger partial charge in [0.15, 0.2) is 5.11 Å². The van der Waals surface area contributed by atoms with Crippen molar-refractivity contribution in [2.24, 2.45) is 0 Å². The molecule has 3 rings (SSSR count). The average Bonchev–Trinajstić information content (AvgIpc) is 2.71. The third-order valence-electron chi connectivity index (χ3n) is 5.05. The molecule has 0 saturated heterocycles. The second-order valence-electron chi connectivity index (χ2n) is 6.91. The number of allylic oxidation sites excluding steroid dienone is 1. The zero-order valence-electron chi connectivity index (χ0n) is 17.1. The Balaban J connectivity index is 1.91. The van der Waals surface area contributed by atoms with Gasteiger partial charge < -0.3 is 20.9 Å². The third-order valence-corrected chi connectivity index (χ3v) is 5.82. The van der Waals surface area contributed by atoms with Crippen LogP contribution in [0, 0.1) is 0 Å². The molecule has 0 fully saturated rings. The zero-order chi connectivity index (χ0) is 21.8. The lowest BCUT2D eigenvalue weighted by Gasteiger charge is -2.31. The minimum Gasteiger partial charge on any atom is -0.372 e. The first-order chi connectivity index (χ1) is 14.3. The lowest BCUT2D eigenvalue weighted by Crippen LogP contribution is -2.45. The van der Waals surface area contributed by atoms with E-state index in [9.17, 15) is 4.79 Å². The van der Waals surface area contributed by atoms with Crippen LogP contribution in [0.4, 0.5) is 11.4 Å². The highest BCUT2D eigenvalue weighted by Gasteiger charge is 2.30. The minimum absolute atomic E-state index is 0.267. The van der Waals surface area contributed by atoms with Crippen molar-refractivity contribution in [3.63, 3.8) is 0 Å². The highest BCUT2D eigenvalue weighted by atomic mass is 35.5. The van der Waals surface area contributed by atoms with Crippen molar-refractivity contribution in [2.45, 2.75) is 26.8 Å². The van der Waals surface area contributed by atoms with Gasteiger partial charge in [-0.2, -0.15) is 0 Å². The van der Waals surface area contributed by atoms with Crippen molar-refractivity contribution >= 4 is 57.8 Å². The van der Waals surface area contributed by atoms with Crippen LogP contribution in [0.5, 0.6) is 0 Å². The topological polar surface area (TPSA) is 56.4 Å². The number of amides is 1. The zero-order valence-corrected chi connectivity index (χ0v) is 19.4. The maximum Gasteiger partial charge on any atom is 0.255 e. The van der Waals surface area contributed by atoms with Crippen LogP contribution in [0.25, 0.3) is 0 Å². The Bertz CT molecular complexity index is 987. The summed E-state index contributed by atoms with van der Waals surface area (Å²) >= 11 is 17.5. The number of benzene rings is 2. The first-order valence-electron chi connectivity index (χ1n) is 9.73. The van der Waals surface area contributed by atoms with E-state index >= 15 is 0 Å². The summed E-state index contributed by atoms with van der Waals surface area (Å²) in [5, 5.41) is 10.5. The largest absolute Gasteiger partial charge is 0.372 e. The van der Waals surface area contributed by atoms with Crippen LogP contribution < -0.4 is 20.9 Å². The standard InChI is InChI=1S/C22H24Cl2N4OS/c1-4-28(5-2)16-9-6-14(7-10-16)20-19(13(3)25-22(30)27-20)21(29)26-18-11-8-15(23)12-17(18)24/h6-12,20H,4-5H2,1-3H3,(H,26,29)(H2,25,27,30). The fraction of sp³-hybridized carbons (Fsp3) is 0.273. The third kappa shape index (κ3) is 4.89. The first kappa shape index (κ1) is 22.4. The van der Waals surface area contributed by atoms with Gasteiger partial charge in [0.05, 0.1) is 22.3 Å². The number of rotatable bonds is 6. The summed E-state index contributed by atoms with van der Waals surface area (Å²) in [6, 6.07) is 12.8. The number of carbonyl (C=O) groups is 1. The van der Waals surface area contributed by atoms with Crippen LogP contribution in [0.1, 0.15) is 32.4 Å². The van der Waals surface area contributed by atoms with Gasteiger partial charge in [0.1, 0.15) is 0 Å². The molecule has 1 unspecified atom stereocenters. The Morgan fingerprint density at radius 3 is 2.40 bits per heavy atom. The molecular weight excluding hydrogens is 439 g/mol. The summed E-state index contributed by atoms with van der Waals surface area (Å²) < 4.78 is 0. The van der Waals surface area contributed by atoms with Gasteiger partial charge in [-0.05, 0) is 68.9 Å². The average molecular weight is 463 g/mol. The molecule has 0 saturated carbocycles. The Morgan fingerprint density at radius 2 is 1.80 bits per heavy atom. The van der Waals surface area contributed by atoms with Gasteiger partial charge in [-0.15, -0.1) is 0 Å². The predicted octanol–water partition coefficient (Wildman–Crippen LogP) is 5.27. The molecular formula is C22H24Cl2N4OS. The Hall–Kier alpha value is -2.28. The predicted molar refractivity (Wildman–Crippen MR) is 129 cm³/mol. The number of halogens is 2. The van der Waals surface area contributed by atoms with Crippen LogP contribution >= 0.6 is 35.4 Å². The van der Waals surface area contributed by atoms with E-state index in [1.54, 1.807) is 18.2 Å². The molecule has 1 aliphatic rings. The Morgan fingerprint density at radius 1 is 1.13 bits per heavy atom. The molecule has 1 amide bonds. The van der Waals surface area contributed by atoms with E-state index in [-0.39, 0.29) is 11.9 Å². The molecule has 2 aromatic carbocycles. The van der Waals surface area contributed by atoms with E-state index in [0.29, 0.717) is 32.1 Å². The molecule has 0 bridgehead atoms. The lowest BCUT2D eigenvalue weighted by atomic mass is 9.94. The summed E-state index contributed by atoms with van der Waals surface area (Å²) in [6.45, 7) is 7.95. The molecule has 30 heavy (non-hydrogen) atoms. The molecule has 1 heterocycles. The fourth-order valence-corrected chi connectivity index (χ4v) is 4.22. The van der Waals surface area contributed by atoms with Crippen molar-refractivity contribution in [3.8, 4) is 0 Å². The number of carbonyl (C=O) groups excluding carboxylic acids is 1. The molecule has 3 N–H and O–H groups in total. The van der Waals surface area contributed by atoms with Gasteiger partial charge in [-0.1, -0.05) is 35.3 Å². The molecule has 0 radical (unpaired) electrons. The quantitative estimate of drug-likeness (QED) is 0.510. The monoisotopic (exact) mass is 462 g/mol. The molecule has 2 aromatic rings. The maximum absolute atomic E-state index is 13.2. The molecule has 8 heteroatoms. The van der Waals surface area contributed by atoms with Gasteiger partial charge in [0.2, 0.25) is 0 Å². The Kier molecular flexibility index (Phi) is 7.23. The van der Waals surface area contributed by atoms with Crippen molar-refractivity contribution in [1.82, 2.24) is 10.6 Å². The summed E-state index contributed by atoms with van der Waals surface area (Å²) in [5.41, 5.74) is 3.82. The second kappa shape index (κ2) is 9.69. The fourth-order valence-electron chi connectivity index (χ4n) is 3.49. The summed E-state index contributed by atoms with van der Waals surface area (Å²) in [5.74, 6) is -0.267. The van der Waals surface area contributed by atoms with Crippen molar-refractivity contribution in [3.05, 3.63) is 69.3 Å². The van der Waals surface area contributed by atoms with Gasteiger partial charge in [0, 0.05) is 29.5 Å². The van der Waals surface area contributed by atoms with Gasteiger partial charge in [0.25, 0.3) is 5.91 Å². The van der Waals surface area contributed by atoms with Gasteiger partial charge >= 0.3 is 0 Å².